The van der Waals surface area contributed by atoms with E-state index in [-0.39, 0.29) is 0 Å². The first-order valence-electron chi connectivity index (χ1n) is 9.65. The van der Waals surface area contributed by atoms with Gasteiger partial charge in [0.1, 0.15) is 0 Å². The summed E-state index contributed by atoms with van der Waals surface area (Å²) in [5.41, 5.74) is 11.2. The summed E-state index contributed by atoms with van der Waals surface area (Å²) in [6.07, 6.45) is 7.04. The van der Waals surface area contributed by atoms with Crippen LogP contribution in [0, 0.1) is 11.8 Å². The molecular weight excluding hydrogens is 320 g/mol. The van der Waals surface area contributed by atoms with Crippen LogP contribution in [0.4, 0.5) is 11.4 Å². The van der Waals surface area contributed by atoms with Crippen LogP contribution in [0.3, 0.4) is 0 Å². The van der Waals surface area contributed by atoms with Gasteiger partial charge in [0.15, 0.2) is 0 Å². The van der Waals surface area contributed by atoms with E-state index in [2.05, 4.69) is 35.1 Å². The van der Waals surface area contributed by atoms with Crippen molar-refractivity contribution in [3.8, 4) is 0 Å². The third kappa shape index (κ3) is 3.96. The highest BCUT2D eigenvalue weighted by molar-refractivity contribution is 5.97. The van der Waals surface area contributed by atoms with E-state index in [9.17, 15) is 0 Å². The van der Waals surface area contributed by atoms with Gasteiger partial charge in [-0.15, -0.1) is 0 Å². The van der Waals surface area contributed by atoms with Crippen LogP contribution in [0.2, 0.25) is 0 Å². The fourth-order valence-corrected chi connectivity index (χ4v) is 4.15. The minimum atomic E-state index is 0.532. The van der Waals surface area contributed by atoms with E-state index in [4.69, 9.17) is 10.2 Å². The van der Waals surface area contributed by atoms with Gasteiger partial charge in [-0.1, -0.05) is 36.4 Å². The van der Waals surface area contributed by atoms with E-state index in [1.165, 1.54) is 37.1 Å². The molecule has 0 heterocycles. The summed E-state index contributed by atoms with van der Waals surface area (Å²) in [6.45, 7) is 0. The van der Waals surface area contributed by atoms with Gasteiger partial charge in [-0.3, -0.25) is 10.9 Å². The number of hydrogen-bond donors (Lipinski definition) is 2. The van der Waals surface area contributed by atoms with Crippen molar-refractivity contribution >= 4 is 22.8 Å². The molecule has 0 aromatic heterocycles. The molecule has 4 rings (SSSR count). The summed E-state index contributed by atoms with van der Waals surface area (Å²) >= 11 is 0. The maximum Gasteiger partial charge on any atom is 0.0561 e. The molecule has 0 aliphatic heterocycles. The molecule has 2 aliphatic rings. The molecule has 2 N–H and O–H groups in total. The molecule has 0 spiro atoms. The Morgan fingerprint density at radius 2 is 1.04 bits per heavy atom. The molecule has 26 heavy (non-hydrogen) atoms. The number of para-hydroxylation sites is 2. The second-order valence-corrected chi connectivity index (χ2v) is 7.16. The standard InChI is InChI=1S/C22H26N4/c1-3-9-17(10-4-1)23-25-21-15-7-14-20-19(21)13-8-16-22(20)26-24-18-11-5-2-6-12-18/h1-6,9-12,19-20,23-24H,7-8,13-16H2/b25-21-,26-22+/t19-,20+/m1/s1. The molecule has 0 bridgehead atoms. The average molecular weight is 346 g/mol. The number of anilines is 2. The van der Waals surface area contributed by atoms with Crippen LogP contribution >= 0.6 is 0 Å². The van der Waals surface area contributed by atoms with Crippen LogP contribution in [0.5, 0.6) is 0 Å². The van der Waals surface area contributed by atoms with E-state index < -0.39 is 0 Å². The van der Waals surface area contributed by atoms with Crippen LogP contribution in [-0.4, -0.2) is 11.4 Å². The van der Waals surface area contributed by atoms with Crippen molar-refractivity contribution in [2.24, 2.45) is 22.0 Å². The fraction of sp³-hybridized carbons (Fsp3) is 0.364. The summed E-state index contributed by atoms with van der Waals surface area (Å²) in [7, 11) is 0. The van der Waals surface area contributed by atoms with Crippen LogP contribution in [0.15, 0.2) is 70.9 Å². The molecule has 2 aromatic carbocycles. The molecule has 2 saturated carbocycles. The second kappa shape index (κ2) is 8.17. The van der Waals surface area contributed by atoms with E-state index in [1.54, 1.807) is 0 Å². The Morgan fingerprint density at radius 1 is 0.615 bits per heavy atom. The quantitative estimate of drug-likeness (QED) is 0.716. The molecule has 0 amide bonds. The van der Waals surface area contributed by atoms with Crippen molar-refractivity contribution in [2.75, 3.05) is 10.9 Å². The predicted molar refractivity (Wildman–Crippen MR) is 110 cm³/mol. The number of hydrogen-bond acceptors (Lipinski definition) is 4. The summed E-state index contributed by atoms with van der Waals surface area (Å²) < 4.78 is 0. The molecule has 134 valence electrons. The smallest absolute Gasteiger partial charge is 0.0561 e. The molecule has 0 saturated heterocycles. The Hall–Kier alpha value is -2.62. The molecular formula is C22H26N4. The van der Waals surface area contributed by atoms with Gasteiger partial charge in [-0.2, -0.15) is 10.2 Å². The van der Waals surface area contributed by atoms with Gasteiger partial charge in [0.25, 0.3) is 0 Å². The Bertz CT molecular complexity index is 700. The third-order valence-corrected chi connectivity index (χ3v) is 5.44. The minimum absolute atomic E-state index is 0.532. The van der Waals surface area contributed by atoms with Crippen molar-refractivity contribution in [1.82, 2.24) is 0 Å². The number of hydrazone groups is 2. The summed E-state index contributed by atoms with van der Waals surface area (Å²) in [5, 5.41) is 9.56. The average Bonchev–Trinajstić information content (AvgIpc) is 2.72. The van der Waals surface area contributed by atoms with Crippen molar-refractivity contribution in [3.05, 3.63) is 60.7 Å². The van der Waals surface area contributed by atoms with Gasteiger partial charge >= 0.3 is 0 Å². The molecule has 2 fully saturated rings. The Balaban J connectivity index is 1.48. The molecule has 0 radical (unpaired) electrons. The van der Waals surface area contributed by atoms with Gasteiger partial charge in [0.05, 0.1) is 11.4 Å². The fourth-order valence-electron chi connectivity index (χ4n) is 4.15. The Morgan fingerprint density at radius 3 is 1.46 bits per heavy atom. The van der Waals surface area contributed by atoms with E-state index in [0.717, 1.165) is 24.2 Å². The molecule has 2 aromatic rings. The second-order valence-electron chi connectivity index (χ2n) is 7.16. The maximum absolute atomic E-state index is 4.78. The highest BCUT2D eigenvalue weighted by atomic mass is 15.3. The summed E-state index contributed by atoms with van der Waals surface area (Å²) in [6, 6.07) is 20.4. The normalized spacial score (nSPS) is 25.7. The van der Waals surface area contributed by atoms with E-state index in [1.807, 2.05) is 36.4 Å². The lowest BCUT2D eigenvalue weighted by Gasteiger charge is -2.37. The first kappa shape index (κ1) is 16.8. The predicted octanol–water partition coefficient (Wildman–Crippen LogP) is 5.52. The largest absolute Gasteiger partial charge is 0.279 e. The van der Waals surface area contributed by atoms with Gasteiger partial charge in [0.2, 0.25) is 0 Å². The maximum atomic E-state index is 4.78. The van der Waals surface area contributed by atoms with E-state index in [0.29, 0.717) is 11.8 Å². The Labute approximate surface area is 155 Å². The zero-order chi connectivity index (χ0) is 17.6. The molecule has 0 unspecified atom stereocenters. The van der Waals surface area contributed by atoms with Crippen LogP contribution in [0.25, 0.3) is 0 Å². The zero-order valence-corrected chi connectivity index (χ0v) is 15.1. The first-order chi connectivity index (χ1) is 12.9. The number of rotatable bonds is 4. The third-order valence-electron chi connectivity index (χ3n) is 5.44. The molecule has 2 aliphatic carbocycles. The molecule has 4 nitrogen and oxygen atoms in total. The molecule has 4 heteroatoms. The van der Waals surface area contributed by atoms with Gasteiger partial charge < -0.3 is 0 Å². The van der Waals surface area contributed by atoms with Crippen LogP contribution in [0.1, 0.15) is 38.5 Å². The number of benzene rings is 2. The lowest BCUT2D eigenvalue weighted by Crippen LogP contribution is -2.37. The van der Waals surface area contributed by atoms with Crippen molar-refractivity contribution < 1.29 is 0 Å². The van der Waals surface area contributed by atoms with Crippen molar-refractivity contribution in [2.45, 2.75) is 38.5 Å². The lowest BCUT2D eigenvalue weighted by atomic mass is 9.69. The monoisotopic (exact) mass is 346 g/mol. The number of nitrogens with zero attached hydrogens (tertiary/aromatic N) is 2. The summed E-state index contributed by atoms with van der Waals surface area (Å²) in [4.78, 5) is 0. The van der Waals surface area contributed by atoms with E-state index >= 15 is 0 Å². The van der Waals surface area contributed by atoms with Crippen LogP contribution in [-0.2, 0) is 0 Å². The zero-order valence-electron chi connectivity index (χ0n) is 15.1. The number of nitrogens with one attached hydrogen (secondary N) is 2. The first-order valence-corrected chi connectivity index (χ1v) is 9.65. The Kier molecular flexibility index (Phi) is 5.29. The van der Waals surface area contributed by atoms with Crippen molar-refractivity contribution in [3.63, 3.8) is 0 Å². The highest BCUT2D eigenvalue weighted by Gasteiger charge is 2.36. The van der Waals surface area contributed by atoms with Gasteiger partial charge in [-0.25, -0.2) is 0 Å². The van der Waals surface area contributed by atoms with Gasteiger partial charge in [-0.05, 0) is 62.8 Å². The summed E-state index contributed by atoms with van der Waals surface area (Å²) in [5.74, 6) is 1.06. The van der Waals surface area contributed by atoms with Gasteiger partial charge in [0, 0.05) is 23.3 Å². The highest BCUT2D eigenvalue weighted by Crippen LogP contribution is 2.38. The van der Waals surface area contributed by atoms with Crippen LogP contribution < -0.4 is 10.9 Å². The lowest BCUT2D eigenvalue weighted by molar-refractivity contribution is 0.385. The number of fused-ring (bicyclic) bond motifs is 1. The topological polar surface area (TPSA) is 48.8 Å². The molecule has 2 atom stereocenters. The SMILES string of the molecule is c1ccc(N/N=C2/CCC[C@@H]3/C(=N/Nc4ccccc4)CCC[C@@H]23)cc1. The minimum Gasteiger partial charge on any atom is -0.279 e. The van der Waals surface area contributed by atoms with Crippen molar-refractivity contribution in [1.29, 1.82) is 0 Å².